The highest BCUT2D eigenvalue weighted by molar-refractivity contribution is 5.67. The van der Waals surface area contributed by atoms with Crippen LogP contribution in [-0.4, -0.2) is 48.9 Å². The number of carbonyl (C=O) groups excluding carboxylic acids is 1. The van der Waals surface area contributed by atoms with Crippen molar-refractivity contribution in [2.75, 3.05) is 32.8 Å². The summed E-state index contributed by atoms with van der Waals surface area (Å²) in [5, 5.41) is 11.7. The number of benzene rings is 1. The van der Waals surface area contributed by atoms with Gasteiger partial charge in [-0.05, 0) is 43.8 Å². The third-order valence-electron chi connectivity index (χ3n) is 4.04. The molecule has 1 aliphatic rings. The molecule has 0 radical (unpaired) electrons. The first kappa shape index (κ1) is 16.8. The van der Waals surface area contributed by atoms with Gasteiger partial charge in [-0.2, -0.15) is 0 Å². The zero-order valence-corrected chi connectivity index (χ0v) is 13.0. The number of hydrogen-bond acceptors (Lipinski definition) is 4. The molecular formula is C17H26N2O3. The van der Waals surface area contributed by atoms with Crippen LogP contribution in [0.3, 0.4) is 0 Å². The van der Waals surface area contributed by atoms with Crippen LogP contribution < -0.4 is 5.32 Å². The molecule has 1 heterocycles. The van der Waals surface area contributed by atoms with E-state index in [-0.39, 0.29) is 12.7 Å². The Morgan fingerprint density at radius 2 is 2.18 bits per heavy atom. The molecule has 1 fully saturated rings. The Labute approximate surface area is 132 Å². The number of rotatable bonds is 8. The van der Waals surface area contributed by atoms with Crippen LogP contribution in [0.2, 0.25) is 0 Å². The molecule has 1 amide bonds. The van der Waals surface area contributed by atoms with E-state index in [0.29, 0.717) is 19.1 Å². The van der Waals surface area contributed by atoms with Crippen LogP contribution in [0, 0.1) is 5.92 Å². The first-order chi connectivity index (χ1) is 10.8. The lowest BCUT2D eigenvalue weighted by Crippen LogP contribution is -2.29. The number of nitrogens with one attached hydrogen (secondary N) is 1. The number of hydrogen-bond donors (Lipinski definition) is 2. The van der Waals surface area contributed by atoms with Crippen molar-refractivity contribution in [2.24, 2.45) is 5.92 Å². The van der Waals surface area contributed by atoms with Gasteiger partial charge in [-0.15, -0.1) is 0 Å². The average molecular weight is 306 g/mol. The van der Waals surface area contributed by atoms with E-state index in [1.54, 1.807) is 0 Å². The summed E-state index contributed by atoms with van der Waals surface area (Å²) >= 11 is 0. The van der Waals surface area contributed by atoms with Crippen LogP contribution in [0.1, 0.15) is 24.8 Å². The Kier molecular flexibility index (Phi) is 7.19. The first-order valence-corrected chi connectivity index (χ1v) is 8.05. The number of carbonyl (C=O) groups is 1. The van der Waals surface area contributed by atoms with Gasteiger partial charge in [0.25, 0.3) is 0 Å². The third kappa shape index (κ3) is 6.03. The Bertz CT molecular complexity index is 439. The summed E-state index contributed by atoms with van der Waals surface area (Å²) in [6, 6.07) is 9.66. The second-order valence-electron chi connectivity index (χ2n) is 5.81. The highest BCUT2D eigenvalue weighted by atomic mass is 16.5. The van der Waals surface area contributed by atoms with E-state index in [9.17, 15) is 4.79 Å². The summed E-state index contributed by atoms with van der Waals surface area (Å²) in [6.45, 7) is 4.38. The van der Waals surface area contributed by atoms with Gasteiger partial charge in [-0.3, -0.25) is 0 Å². The summed E-state index contributed by atoms with van der Waals surface area (Å²) in [4.78, 5) is 14.0. The molecule has 0 aliphatic carbocycles. The largest absolute Gasteiger partial charge is 0.445 e. The van der Waals surface area contributed by atoms with Crippen LogP contribution in [-0.2, 0) is 11.3 Å². The van der Waals surface area contributed by atoms with Gasteiger partial charge in [0.2, 0.25) is 0 Å². The maximum absolute atomic E-state index is 11.6. The smallest absolute Gasteiger partial charge is 0.407 e. The predicted octanol–water partition coefficient (Wildman–Crippen LogP) is 2.01. The molecule has 0 saturated carbocycles. The van der Waals surface area contributed by atoms with Gasteiger partial charge in [-0.25, -0.2) is 4.79 Å². The fourth-order valence-electron chi connectivity index (χ4n) is 2.80. The number of amides is 1. The normalized spacial score (nSPS) is 18.3. The van der Waals surface area contributed by atoms with Crippen LogP contribution >= 0.6 is 0 Å². The highest BCUT2D eigenvalue weighted by Gasteiger charge is 2.21. The second-order valence-corrected chi connectivity index (χ2v) is 5.81. The molecule has 122 valence electrons. The topological polar surface area (TPSA) is 61.8 Å². The van der Waals surface area contributed by atoms with E-state index in [1.165, 1.54) is 6.42 Å². The van der Waals surface area contributed by atoms with Crippen molar-refractivity contribution in [3.8, 4) is 0 Å². The summed E-state index contributed by atoms with van der Waals surface area (Å²) < 4.78 is 5.16. The molecule has 1 unspecified atom stereocenters. The molecule has 5 nitrogen and oxygen atoms in total. The number of aliphatic hydroxyl groups is 1. The second kappa shape index (κ2) is 9.43. The van der Waals surface area contributed by atoms with Crippen LogP contribution in [0.15, 0.2) is 30.3 Å². The average Bonchev–Trinajstić information content (AvgIpc) is 2.98. The first-order valence-electron chi connectivity index (χ1n) is 8.05. The van der Waals surface area contributed by atoms with Crippen molar-refractivity contribution < 1.29 is 14.6 Å². The van der Waals surface area contributed by atoms with E-state index in [2.05, 4.69) is 10.2 Å². The van der Waals surface area contributed by atoms with Crippen LogP contribution in [0.4, 0.5) is 4.79 Å². The summed E-state index contributed by atoms with van der Waals surface area (Å²) in [5.41, 5.74) is 0.990. The SMILES string of the molecule is O=C(NCCCN1CCC(CCO)C1)OCc1ccccc1. The summed E-state index contributed by atoms with van der Waals surface area (Å²) in [7, 11) is 0. The fraction of sp³-hybridized carbons (Fsp3) is 0.588. The number of ether oxygens (including phenoxy) is 1. The standard InChI is InChI=1S/C17H26N2O3/c20-12-8-15-7-11-19(13-15)10-4-9-18-17(21)22-14-16-5-2-1-3-6-16/h1-3,5-6,15,20H,4,7-14H2,(H,18,21). The van der Waals surface area contributed by atoms with Gasteiger partial charge in [0.05, 0.1) is 0 Å². The van der Waals surface area contributed by atoms with Gasteiger partial charge >= 0.3 is 6.09 Å². The molecule has 1 atom stereocenters. The predicted molar refractivity (Wildman–Crippen MR) is 85.5 cm³/mol. The van der Waals surface area contributed by atoms with Gasteiger partial charge in [-0.1, -0.05) is 30.3 Å². The Hall–Kier alpha value is -1.59. The van der Waals surface area contributed by atoms with Crippen molar-refractivity contribution in [1.29, 1.82) is 0 Å². The van der Waals surface area contributed by atoms with Crippen molar-refractivity contribution in [1.82, 2.24) is 10.2 Å². The maximum Gasteiger partial charge on any atom is 0.407 e. The van der Waals surface area contributed by atoms with Gasteiger partial charge in [0.15, 0.2) is 0 Å². The summed E-state index contributed by atoms with van der Waals surface area (Å²) in [5.74, 6) is 0.633. The lowest BCUT2D eigenvalue weighted by Gasteiger charge is -2.15. The number of alkyl carbamates (subject to hydrolysis) is 1. The monoisotopic (exact) mass is 306 g/mol. The number of aliphatic hydroxyl groups excluding tert-OH is 1. The fourth-order valence-corrected chi connectivity index (χ4v) is 2.80. The van der Waals surface area contributed by atoms with Crippen molar-refractivity contribution in [3.63, 3.8) is 0 Å². The number of nitrogens with zero attached hydrogens (tertiary/aromatic N) is 1. The van der Waals surface area contributed by atoms with Crippen molar-refractivity contribution in [2.45, 2.75) is 25.9 Å². The minimum Gasteiger partial charge on any atom is -0.445 e. The molecule has 1 aromatic carbocycles. The zero-order valence-electron chi connectivity index (χ0n) is 13.0. The maximum atomic E-state index is 11.6. The van der Waals surface area contributed by atoms with Gasteiger partial charge in [0.1, 0.15) is 6.61 Å². The highest BCUT2D eigenvalue weighted by Crippen LogP contribution is 2.18. The molecule has 22 heavy (non-hydrogen) atoms. The molecular weight excluding hydrogens is 280 g/mol. The minimum atomic E-state index is -0.358. The van der Waals surface area contributed by atoms with Crippen molar-refractivity contribution in [3.05, 3.63) is 35.9 Å². The molecule has 2 N–H and O–H groups in total. The molecule has 0 spiro atoms. The van der Waals surface area contributed by atoms with Crippen LogP contribution in [0.5, 0.6) is 0 Å². The molecule has 2 rings (SSSR count). The van der Waals surface area contributed by atoms with E-state index < -0.39 is 0 Å². The van der Waals surface area contributed by atoms with E-state index in [1.807, 2.05) is 30.3 Å². The van der Waals surface area contributed by atoms with Crippen LogP contribution in [0.25, 0.3) is 0 Å². The molecule has 1 aromatic rings. The number of likely N-dealkylation sites (tertiary alicyclic amines) is 1. The quantitative estimate of drug-likeness (QED) is 0.721. The van der Waals surface area contributed by atoms with Gasteiger partial charge < -0.3 is 20.1 Å². The van der Waals surface area contributed by atoms with E-state index in [0.717, 1.165) is 38.0 Å². The third-order valence-corrected chi connectivity index (χ3v) is 4.04. The molecule has 1 saturated heterocycles. The van der Waals surface area contributed by atoms with E-state index >= 15 is 0 Å². The minimum absolute atomic E-state index is 0.285. The molecule has 0 bridgehead atoms. The summed E-state index contributed by atoms with van der Waals surface area (Å²) in [6.07, 6.45) is 2.64. The van der Waals surface area contributed by atoms with Crippen molar-refractivity contribution >= 4 is 6.09 Å². The molecule has 0 aromatic heterocycles. The Balaban J connectivity index is 1.51. The Morgan fingerprint density at radius 3 is 2.95 bits per heavy atom. The molecule has 1 aliphatic heterocycles. The lowest BCUT2D eigenvalue weighted by molar-refractivity contribution is 0.139. The Morgan fingerprint density at radius 1 is 1.36 bits per heavy atom. The lowest BCUT2D eigenvalue weighted by atomic mass is 10.1. The van der Waals surface area contributed by atoms with E-state index in [4.69, 9.17) is 9.84 Å². The zero-order chi connectivity index (χ0) is 15.6. The van der Waals surface area contributed by atoms with Gasteiger partial charge in [0, 0.05) is 19.7 Å². The molecule has 5 heteroatoms.